The molecule has 76 valence electrons. The molecule has 1 aliphatic carbocycles. The van der Waals surface area contributed by atoms with Crippen LogP contribution in [0, 0.1) is 0 Å². The van der Waals surface area contributed by atoms with E-state index in [-0.39, 0.29) is 0 Å². The zero-order valence-corrected chi connectivity index (χ0v) is 8.89. The Morgan fingerprint density at radius 1 is 1.23 bits per heavy atom. The monoisotopic (exact) mass is 181 g/mol. The molecule has 0 heterocycles. The molecular weight excluding hydrogens is 158 g/mol. The molecule has 0 spiro atoms. The van der Waals surface area contributed by atoms with Crippen LogP contribution in [0.4, 0.5) is 0 Å². The maximum absolute atomic E-state index is 5.70. The van der Waals surface area contributed by atoms with Crippen LogP contribution < -0.4 is 5.73 Å². The fourth-order valence-corrected chi connectivity index (χ4v) is 1.83. The molecule has 0 aliphatic heterocycles. The molecule has 0 aromatic rings. The Kier molecular flexibility index (Phi) is 5.14. The molecule has 13 heavy (non-hydrogen) atoms. The summed E-state index contributed by atoms with van der Waals surface area (Å²) in [5.41, 5.74) is 7.30. The van der Waals surface area contributed by atoms with Crippen LogP contribution in [0.15, 0.2) is 11.6 Å². The highest BCUT2D eigenvalue weighted by Gasteiger charge is 2.17. The highest BCUT2D eigenvalue weighted by molar-refractivity contribution is 5.14. The number of unbranched alkanes of at least 4 members (excludes halogenated alkanes) is 5. The van der Waals surface area contributed by atoms with Gasteiger partial charge in [-0.2, -0.15) is 0 Å². The molecule has 1 aliphatic rings. The lowest BCUT2D eigenvalue weighted by atomic mass is 9.86. The SMILES string of the molecule is CCCCCCCC=C1CC(N)C1. The Hall–Kier alpha value is -0.300. The number of rotatable bonds is 6. The molecule has 0 radical (unpaired) electrons. The van der Waals surface area contributed by atoms with E-state index < -0.39 is 0 Å². The number of nitrogens with two attached hydrogens (primary N) is 1. The van der Waals surface area contributed by atoms with E-state index in [2.05, 4.69) is 13.0 Å². The van der Waals surface area contributed by atoms with Crippen molar-refractivity contribution in [3.63, 3.8) is 0 Å². The third kappa shape index (κ3) is 4.47. The van der Waals surface area contributed by atoms with Crippen molar-refractivity contribution in [3.8, 4) is 0 Å². The predicted octanol–water partition coefficient (Wildman–Crippen LogP) is 3.39. The van der Waals surface area contributed by atoms with E-state index in [0.717, 1.165) is 12.8 Å². The van der Waals surface area contributed by atoms with Crippen molar-refractivity contribution in [2.24, 2.45) is 5.73 Å². The van der Waals surface area contributed by atoms with Gasteiger partial charge in [-0.3, -0.25) is 0 Å². The summed E-state index contributed by atoms with van der Waals surface area (Å²) in [6.45, 7) is 2.26. The van der Waals surface area contributed by atoms with Gasteiger partial charge >= 0.3 is 0 Å². The molecule has 0 aromatic carbocycles. The van der Waals surface area contributed by atoms with Crippen LogP contribution in [-0.2, 0) is 0 Å². The van der Waals surface area contributed by atoms with E-state index in [1.54, 1.807) is 5.57 Å². The standard InChI is InChI=1S/C12H23N/c1-2-3-4-5-6-7-8-11-9-12(13)10-11/h8,12H,2-7,9-10,13H2,1H3. The molecule has 0 aromatic heterocycles. The van der Waals surface area contributed by atoms with E-state index in [9.17, 15) is 0 Å². The van der Waals surface area contributed by atoms with Crippen molar-refractivity contribution in [1.82, 2.24) is 0 Å². The van der Waals surface area contributed by atoms with Crippen LogP contribution in [0.1, 0.15) is 58.3 Å². The van der Waals surface area contributed by atoms with Gasteiger partial charge in [0.1, 0.15) is 0 Å². The van der Waals surface area contributed by atoms with Gasteiger partial charge in [-0.25, -0.2) is 0 Å². The highest BCUT2D eigenvalue weighted by Crippen LogP contribution is 2.25. The van der Waals surface area contributed by atoms with E-state index >= 15 is 0 Å². The zero-order valence-electron chi connectivity index (χ0n) is 8.89. The first-order valence-corrected chi connectivity index (χ1v) is 5.76. The van der Waals surface area contributed by atoms with Gasteiger partial charge in [0, 0.05) is 6.04 Å². The minimum atomic E-state index is 0.478. The molecule has 0 unspecified atom stereocenters. The first-order chi connectivity index (χ1) is 6.33. The van der Waals surface area contributed by atoms with Gasteiger partial charge in [0.05, 0.1) is 0 Å². The van der Waals surface area contributed by atoms with E-state index in [1.165, 1.54) is 38.5 Å². The first-order valence-electron chi connectivity index (χ1n) is 5.76. The summed E-state index contributed by atoms with van der Waals surface area (Å²) < 4.78 is 0. The topological polar surface area (TPSA) is 26.0 Å². The minimum absolute atomic E-state index is 0.478. The van der Waals surface area contributed by atoms with Gasteiger partial charge in [-0.15, -0.1) is 0 Å². The smallest absolute Gasteiger partial charge is 0.0113 e. The van der Waals surface area contributed by atoms with Crippen LogP contribution in [0.5, 0.6) is 0 Å². The summed E-state index contributed by atoms with van der Waals surface area (Å²) in [5.74, 6) is 0. The fraction of sp³-hybridized carbons (Fsp3) is 0.833. The van der Waals surface area contributed by atoms with Crippen molar-refractivity contribution < 1.29 is 0 Å². The van der Waals surface area contributed by atoms with Crippen LogP contribution in [0.3, 0.4) is 0 Å². The third-order valence-corrected chi connectivity index (χ3v) is 2.79. The summed E-state index contributed by atoms with van der Waals surface area (Å²) in [6.07, 6.45) is 13.0. The molecule has 2 N–H and O–H groups in total. The van der Waals surface area contributed by atoms with Crippen LogP contribution in [0.2, 0.25) is 0 Å². The largest absolute Gasteiger partial charge is 0.327 e. The normalized spacial score (nSPS) is 21.4. The van der Waals surface area contributed by atoms with Gasteiger partial charge in [-0.1, -0.05) is 44.3 Å². The summed E-state index contributed by atoms with van der Waals surface area (Å²) in [5, 5.41) is 0. The highest BCUT2D eigenvalue weighted by atomic mass is 14.7. The van der Waals surface area contributed by atoms with Crippen molar-refractivity contribution in [2.75, 3.05) is 0 Å². The molecular formula is C12H23N. The van der Waals surface area contributed by atoms with E-state index in [4.69, 9.17) is 5.73 Å². The van der Waals surface area contributed by atoms with Crippen molar-refractivity contribution in [1.29, 1.82) is 0 Å². The number of hydrogen-bond donors (Lipinski definition) is 1. The summed E-state index contributed by atoms with van der Waals surface area (Å²) in [6, 6.07) is 0.478. The second-order valence-electron chi connectivity index (χ2n) is 4.23. The van der Waals surface area contributed by atoms with Crippen molar-refractivity contribution in [3.05, 3.63) is 11.6 Å². The van der Waals surface area contributed by atoms with Gasteiger partial charge in [0.25, 0.3) is 0 Å². The lowest BCUT2D eigenvalue weighted by Crippen LogP contribution is -2.30. The Morgan fingerprint density at radius 2 is 1.92 bits per heavy atom. The van der Waals surface area contributed by atoms with Gasteiger partial charge in [-0.05, 0) is 25.7 Å². The van der Waals surface area contributed by atoms with E-state index in [1.807, 2.05) is 0 Å². The average Bonchev–Trinajstić information content (AvgIpc) is 2.07. The Balaban J connectivity index is 1.87. The second kappa shape index (κ2) is 6.20. The van der Waals surface area contributed by atoms with Crippen LogP contribution in [0.25, 0.3) is 0 Å². The van der Waals surface area contributed by atoms with Crippen LogP contribution in [-0.4, -0.2) is 6.04 Å². The minimum Gasteiger partial charge on any atom is -0.327 e. The molecule has 0 amide bonds. The first kappa shape index (κ1) is 10.8. The predicted molar refractivity (Wildman–Crippen MR) is 58.7 cm³/mol. The van der Waals surface area contributed by atoms with Gasteiger partial charge in [0.2, 0.25) is 0 Å². The fourth-order valence-electron chi connectivity index (χ4n) is 1.83. The molecule has 1 rings (SSSR count). The lowest BCUT2D eigenvalue weighted by Gasteiger charge is -2.25. The van der Waals surface area contributed by atoms with Crippen molar-refractivity contribution >= 4 is 0 Å². The summed E-state index contributed by atoms with van der Waals surface area (Å²) in [7, 11) is 0. The zero-order chi connectivity index (χ0) is 9.52. The van der Waals surface area contributed by atoms with Crippen molar-refractivity contribution in [2.45, 2.75) is 64.3 Å². The van der Waals surface area contributed by atoms with Gasteiger partial charge < -0.3 is 5.73 Å². The number of allylic oxidation sites excluding steroid dienone is 1. The summed E-state index contributed by atoms with van der Waals surface area (Å²) >= 11 is 0. The van der Waals surface area contributed by atoms with Crippen LogP contribution >= 0.6 is 0 Å². The maximum atomic E-state index is 5.70. The summed E-state index contributed by atoms with van der Waals surface area (Å²) in [4.78, 5) is 0. The third-order valence-electron chi connectivity index (χ3n) is 2.79. The Bertz CT molecular complexity index is 153. The second-order valence-corrected chi connectivity index (χ2v) is 4.23. The molecule has 1 heteroatoms. The molecule has 1 fully saturated rings. The average molecular weight is 181 g/mol. The Labute approximate surface area is 82.4 Å². The molecule has 1 nitrogen and oxygen atoms in total. The van der Waals surface area contributed by atoms with Gasteiger partial charge in [0.15, 0.2) is 0 Å². The maximum Gasteiger partial charge on any atom is 0.0113 e. The molecule has 0 atom stereocenters. The molecule has 0 saturated heterocycles. The molecule has 1 saturated carbocycles. The number of hydrogen-bond acceptors (Lipinski definition) is 1. The Morgan fingerprint density at radius 3 is 2.54 bits per heavy atom. The quantitative estimate of drug-likeness (QED) is 0.493. The molecule has 0 bridgehead atoms. The lowest BCUT2D eigenvalue weighted by molar-refractivity contribution is 0.536. The van der Waals surface area contributed by atoms with E-state index in [0.29, 0.717) is 6.04 Å².